The second-order valence-corrected chi connectivity index (χ2v) is 7.58. The zero-order valence-corrected chi connectivity index (χ0v) is 16.6. The van der Waals surface area contributed by atoms with Crippen molar-refractivity contribution in [2.45, 2.75) is 44.8 Å². The molecule has 1 aliphatic heterocycles. The molecule has 9 nitrogen and oxygen atoms in total. The highest BCUT2D eigenvalue weighted by Gasteiger charge is 2.38. The van der Waals surface area contributed by atoms with E-state index in [-0.39, 0.29) is 31.1 Å². The number of aromatic amines is 1. The number of aliphatic hydroxyl groups is 1. The summed E-state index contributed by atoms with van der Waals surface area (Å²) in [6, 6.07) is 8.87. The van der Waals surface area contributed by atoms with Gasteiger partial charge in [0.05, 0.1) is 30.5 Å². The summed E-state index contributed by atoms with van der Waals surface area (Å²) < 4.78 is 5.10. The lowest BCUT2D eigenvalue weighted by molar-refractivity contribution is -0.137. The Kier molecular flexibility index (Phi) is 5.71. The third-order valence-electron chi connectivity index (χ3n) is 5.30. The van der Waals surface area contributed by atoms with Gasteiger partial charge in [-0.1, -0.05) is 29.4 Å². The molecule has 0 unspecified atom stereocenters. The van der Waals surface area contributed by atoms with E-state index in [0.29, 0.717) is 24.3 Å². The molecular weight excluding hydrogens is 386 g/mol. The van der Waals surface area contributed by atoms with Gasteiger partial charge in [-0.05, 0) is 18.9 Å². The van der Waals surface area contributed by atoms with Gasteiger partial charge in [-0.25, -0.2) is 0 Å². The van der Waals surface area contributed by atoms with Crippen molar-refractivity contribution < 1.29 is 19.2 Å². The van der Waals surface area contributed by atoms with Crippen LogP contribution < -0.4 is 0 Å². The third-order valence-corrected chi connectivity index (χ3v) is 5.30. The molecule has 2 N–H and O–H groups in total. The highest BCUT2D eigenvalue weighted by atomic mass is 16.5. The van der Waals surface area contributed by atoms with Crippen LogP contribution in [0.5, 0.6) is 0 Å². The number of carbonyl (C=O) groups is 2. The maximum absolute atomic E-state index is 12.8. The number of aromatic nitrogens is 4. The van der Waals surface area contributed by atoms with E-state index in [0.717, 1.165) is 16.8 Å². The first-order chi connectivity index (χ1) is 14.5. The molecule has 3 aromatic rings. The van der Waals surface area contributed by atoms with Gasteiger partial charge in [0.2, 0.25) is 5.91 Å². The van der Waals surface area contributed by atoms with Gasteiger partial charge in [-0.15, -0.1) is 0 Å². The van der Waals surface area contributed by atoms with Gasteiger partial charge in [0.25, 0.3) is 0 Å². The number of Topliss-reactive ketones (excluding diaryl/α,β-unsaturated/α-hetero) is 1. The molecule has 1 aliphatic rings. The summed E-state index contributed by atoms with van der Waals surface area (Å²) in [6.07, 6.45) is 2.11. The van der Waals surface area contributed by atoms with E-state index in [9.17, 15) is 14.7 Å². The van der Waals surface area contributed by atoms with Gasteiger partial charge >= 0.3 is 0 Å². The van der Waals surface area contributed by atoms with Crippen LogP contribution in [0.1, 0.15) is 29.9 Å². The number of hydrogen-bond acceptors (Lipinski definition) is 7. The molecule has 0 aliphatic carbocycles. The number of H-pyrrole nitrogens is 1. The number of nitrogens with zero attached hydrogens (tertiary/aromatic N) is 4. The van der Waals surface area contributed by atoms with Gasteiger partial charge in [-0.3, -0.25) is 9.59 Å². The average molecular weight is 409 g/mol. The van der Waals surface area contributed by atoms with E-state index in [1.54, 1.807) is 19.2 Å². The van der Waals surface area contributed by atoms with E-state index in [2.05, 4.69) is 20.6 Å². The Morgan fingerprint density at radius 3 is 2.77 bits per heavy atom. The first-order valence-electron chi connectivity index (χ1n) is 9.87. The number of nitrogens with one attached hydrogen (secondary N) is 1. The lowest BCUT2D eigenvalue weighted by Crippen LogP contribution is -2.41. The van der Waals surface area contributed by atoms with Gasteiger partial charge in [0, 0.05) is 31.0 Å². The number of β-amino-alcohol motifs (C(OH)–C–C–N with tert-alkyl or cyclic N) is 1. The van der Waals surface area contributed by atoms with E-state index >= 15 is 0 Å². The van der Waals surface area contributed by atoms with Gasteiger partial charge < -0.3 is 14.5 Å². The van der Waals surface area contributed by atoms with Crippen LogP contribution in [-0.4, -0.2) is 61.0 Å². The average Bonchev–Trinajstić information content (AvgIpc) is 3.48. The summed E-state index contributed by atoms with van der Waals surface area (Å²) in [5, 5.41) is 24.2. The predicted molar refractivity (Wildman–Crippen MR) is 106 cm³/mol. The number of ketones is 1. The molecule has 0 saturated carbocycles. The van der Waals surface area contributed by atoms with Crippen molar-refractivity contribution in [2.75, 3.05) is 6.54 Å². The highest BCUT2D eigenvalue weighted by molar-refractivity contribution is 5.90. The minimum Gasteiger partial charge on any atom is -0.391 e. The first-order valence-corrected chi connectivity index (χ1v) is 9.87. The standard InChI is InChI=1S/C21H23N5O4/c1-13-8-17(30-24-13)10-21(29)26-12-16(27)9-19(26)20(28)7-4-14-2-5-15(6-3-14)18-11-22-25-23-18/h2-3,5-6,8,11,16,19,27H,4,7,9-10,12H2,1H3,(H,22,23,25)/t16-,19+/m1/s1. The number of amides is 1. The molecule has 9 heteroatoms. The number of likely N-dealkylation sites (tertiary alicyclic amines) is 1. The number of aliphatic hydroxyl groups excluding tert-OH is 1. The van der Waals surface area contributed by atoms with Crippen molar-refractivity contribution in [3.63, 3.8) is 0 Å². The lowest BCUT2D eigenvalue weighted by Gasteiger charge is -2.23. The molecule has 3 heterocycles. The van der Waals surface area contributed by atoms with Crippen molar-refractivity contribution >= 4 is 11.7 Å². The van der Waals surface area contributed by atoms with Crippen molar-refractivity contribution in [3.05, 3.63) is 53.5 Å². The fourth-order valence-electron chi connectivity index (χ4n) is 3.76. The van der Waals surface area contributed by atoms with Crippen LogP contribution in [0, 0.1) is 6.92 Å². The zero-order chi connectivity index (χ0) is 21.1. The number of carbonyl (C=O) groups excluding carboxylic acids is 2. The highest BCUT2D eigenvalue weighted by Crippen LogP contribution is 2.23. The molecule has 30 heavy (non-hydrogen) atoms. The Bertz CT molecular complexity index is 1010. The molecule has 156 valence electrons. The summed E-state index contributed by atoms with van der Waals surface area (Å²) in [6.45, 7) is 1.94. The molecule has 2 atom stereocenters. The van der Waals surface area contributed by atoms with E-state index < -0.39 is 12.1 Å². The molecule has 1 fully saturated rings. The summed E-state index contributed by atoms with van der Waals surface area (Å²) in [5.41, 5.74) is 3.41. The van der Waals surface area contributed by atoms with Crippen molar-refractivity contribution in [2.24, 2.45) is 0 Å². The zero-order valence-electron chi connectivity index (χ0n) is 16.6. The Morgan fingerprint density at radius 2 is 2.10 bits per heavy atom. The van der Waals surface area contributed by atoms with Crippen LogP contribution in [0.2, 0.25) is 0 Å². The van der Waals surface area contributed by atoms with Crippen molar-refractivity contribution in [3.8, 4) is 11.3 Å². The molecular formula is C21H23N5O4. The van der Waals surface area contributed by atoms with E-state index in [1.807, 2.05) is 24.3 Å². The normalized spacial score (nSPS) is 18.7. The Balaban J connectivity index is 1.36. The fraction of sp³-hybridized carbons (Fsp3) is 0.381. The van der Waals surface area contributed by atoms with Crippen LogP contribution in [0.15, 0.2) is 41.1 Å². The molecule has 0 radical (unpaired) electrons. The topological polar surface area (TPSA) is 125 Å². The van der Waals surface area contributed by atoms with Crippen LogP contribution in [0.4, 0.5) is 0 Å². The van der Waals surface area contributed by atoms with Crippen molar-refractivity contribution in [1.82, 2.24) is 25.5 Å². The molecule has 1 saturated heterocycles. The number of rotatable bonds is 7. The fourth-order valence-corrected chi connectivity index (χ4v) is 3.76. The Morgan fingerprint density at radius 1 is 1.30 bits per heavy atom. The molecule has 0 spiro atoms. The minimum absolute atomic E-state index is 0.0286. The quantitative estimate of drug-likeness (QED) is 0.605. The second-order valence-electron chi connectivity index (χ2n) is 7.58. The predicted octanol–water partition coefficient (Wildman–Crippen LogP) is 1.47. The second kappa shape index (κ2) is 8.58. The van der Waals surface area contributed by atoms with Crippen LogP contribution in [-0.2, 0) is 22.4 Å². The first kappa shape index (κ1) is 20.0. The summed E-state index contributed by atoms with van der Waals surface area (Å²) in [4.78, 5) is 27.0. The Labute approximate surface area is 173 Å². The van der Waals surface area contributed by atoms with E-state index in [1.165, 1.54) is 4.90 Å². The van der Waals surface area contributed by atoms with Gasteiger partial charge in [0.1, 0.15) is 11.5 Å². The monoisotopic (exact) mass is 409 g/mol. The number of benzene rings is 1. The lowest BCUT2D eigenvalue weighted by atomic mass is 10.00. The SMILES string of the molecule is Cc1cc(CC(=O)N2C[C@H](O)C[C@H]2C(=O)CCc2ccc(-c3cn[nH]n3)cc2)on1. The van der Waals surface area contributed by atoms with E-state index in [4.69, 9.17) is 4.52 Å². The van der Waals surface area contributed by atoms with Crippen LogP contribution in [0.3, 0.4) is 0 Å². The van der Waals surface area contributed by atoms with Gasteiger partial charge in [-0.2, -0.15) is 15.4 Å². The summed E-state index contributed by atoms with van der Waals surface area (Å²) in [5.74, 6) is 0.171. The van der Waals surface area contributed by atoms with Crippen molar-refractivity contribution in [1.29, 1.82) is 0 Å². The Hall–Kier alpha value is -3.33. The minimum atomic E-state index is -0.693. The van der Waals surface area contributed by atoms with Gasteiger partial charge in [0.15, 0.2) is 5.78 Å². The molecule has 1 amide bonds. The van der Waals surface area contributed by atoms with Crippen LogP contribution in [0.25, 0.3) is 11.3 Å². The smallest absolute Gasteiger partial charge is 0.231 e. The van der Waals surface area contributed by atoms with Crippen LogP contribution >= 0.6 is 0 Å². The summed E-state index contributed by atoms with van der Waals surface area (Å²) >= 11 is 0. The molecule has 4 rings (SSSR count). The molecule has 0 bridgehead atoms. The number of hydrogen-bond donors (Lipinski definition) is 2. The molecule has 2 aromatic heterocycles. The largest absolute Gasteiger partial charge is 0.391 e. The molecule has 1 aromatic carbocycles. The summed E-state index contributed by atoms with van der Waals surface area (Å²) in [7, 11) is 0. The maximum atomic E-state index is 12.8. The maximum Gasteiger partial charge on any atom is 0.231 e. The third kappa shape index (κ3) is 4.46. The number of aryl methyl sites for hydroxylation is 2.